The molecule has 0 saturated heterocycles. The first-order valence-corrected chi connectivity index (χ1v) is 11.8. The molecule has 0 atom stereocenters. The van der Waals surface area contributed by atoms with E-state index in [9.17, 15) is 13.5 Å². The van der Waals surface area contributed by atoms with Crippen LogP contribution >= 0.6 is 0 Å². The number of nitrogens with zero attached hydrogens (tertiary/aromatic N) is 1. The van der Waals surface area contributed by atoms with Crippen molar-refractivity contribution in [3.05, 3.63) is 89.0 Å². The molecule has 0 unspecified atom stereocenters. The van der Waals surface area contributed by atoms with Crippen LogP contribution in [0, 0.1) is 11.3 Å². The van der Waals surface area contributed by atoms with Crippen LogP contribution in [0.25, 0.3) is 0 Å². The van der Waals surface area contributed by atoms with E-state index < -0.39 is 15.8 Å². The molecule has 2 N–H and O–H groups in total. The Balaban J connectivity index is 1.74. The van der Waals surface area contributed by atoms with E-state index in [0.717, 1.165) is 22.8 Å². The molecule has 0 saturated carbocycles. The molecule has 0 fully saturated rings. The first-order valence-electron chi connectivity index (χ1n) is 10.3. The van der Waals surface area contributed by atoms with Crippen molar-refractivity contribution in [2.75, 3.05) is 6.54 Å². The summed E-state index contributed by atoms with van der Waals surface area (Å²) in [5.41, 5.74) is 3.21. The highest BCUT2D eigenvalue weighted by Gasteiger charge is 2.19. The van der Waals surface area contributed by atoms with Gasteiger partial charge in [0.2, 0.25) is 10.0 Å². The second-order valence-electron chi connectivity index (χ2n) is 7.74. The topological polar surface area (TPSA) is 99.4 Å². The number of ether oxygens (including phenoxy) is 1. The van der Waals surface area contributed by atoms with Crippen molar-refractivity contribution in [3.8, 4) is 17.6 Å². The van der Waals surface area contributed by atoms with Gasteiger partial charge < -0.3 is 9.84 Å². The van der Waals surface area contributed by atoms with Crippen LogP contribution in [0.1, 0.15) is 42.0 Å². The zero-order valence-electron chi connectivity index (χ0n) is 18.1. The van der Waals surface area contributed by atoms with Crippen LogP contribution in [0.5, 0.6) is 11.5 Å². The van der Waals surface area contributed by atoms with Crippen LogP contribution in [0.3, 0.4) is 0 Å². The molecule has 0 heterocycles. The van der Waals surface area contributed by atoms with E-state index in [1.54, 1.807) is 0 Å². The molecule has 0 radical (unpaired) electrons. The summed E-state index contributed by atoms with van der Waals surface area (Å²) in [6.45, 7) is 4.73. The summed E-state index contributed by atoms with van der Waals surface area (Å²) in [4.78, 5) is -0.313. The lowest BCUT2D eigenvalue weighted by atomic mass is 10.00. The Kier molecular flexibility index (Phi) is 7.52. The van der Waals surface area contributed by atoms with Gasteiger partial charge in [-0.05, 0) is 53.3 Å². The molecule has 0 amide bonds. The molecule has 32 heavy (non-hydrogen) atoms. The van der Waals surface area contributed by atoms with Crippen molar-refractivity contribution < 1.29 is 18.3 Å². The van der Waals surface area contributed by atoms with E-state index in [2.05, 4.69) is 18.6 Å². The highest BCUT2D eigenvalue weighted by molar-refractivity contribution is 7.89. The lowest BCUT2D eigenvalue weighted by Gasteiger charge is -2.15. The fourth-order valence-corrected chi connectivity index (χ4v) is 4.35. The van der Waals surface area contributed by atoms with E-state index in [1.807, 2.05) is 54.6 Å². The number of nitrogens with one attached hydrogen (secondary N) is 1. The number of rotatable bonds is 9. The number of sulfonamides is 1. The van der Waals surface area contributed by atoms with Gasteiger partial charge in [-0.3, -0.25) is 0 Å². The molecule has 0 aliphatic rings. The Morgan fingerprint density at radius 1 is 1.06 bits per heavy atom. The number of benzene rings is 3. The molecule has 3 rings (SSSR count). The zero-order chi connectivity index (χ0) is 23.1. The molecule has 0 aromatic heterocycles. The Morgan fingerprint density at radius 2 is 1.81 bits per heavy atom. The summed E-state index contributed by atoms with van der Waals surface area (Å²) < 4.78 is 33.9. The smallest absolute Gasteiger partial charge is 0.244 e. The van der Waals surface area contributed by atoms with Gasteiger partial charge in [0, 0.05) is 6.54 Å². The number of aromatic hydroxyl groups is 1. The Hall–Kier alpha value is -3.34. The standard InChI is InChI=1S/C25H26N2O4S/c1-18(2)22-10-9-21(24(15-22)31-17-19-6-4-3-5-7-19)12-13-27-32(29,30)25-14-20(16-26)8-11-23(25)28/h3-11,14-15,18,27-28H,12-13,17H2,1-2H3. The van der Waals surface area contributed by atoms with Gasteiger partial charge in [-0.15, -0.1) is 0 Å². The number of hydrogen-bond donors (Lipinski definition) is 2. The van der Waals surface area contributed by atoms with Gasteiger partial charge >= 0.3 is 0 Å². The number of nitriles is 1. The largest absolute Gasteiger partial charge is 0.507 e. The maximum absolute atomic E-state index is 12.6. The fraction of sp³-hybridized carbons (Fsp3) is 0.240. The summed E-state index contributed by atoms with van der Waals surface area (Å²) >= 11 is 0. The van der Waals surface area contributed by atoms with Crippen LogP contribution in [-0.2, 0) is 23.1 Å². The van der Waals surface area contributed by atoms with Gasteiger partial charge in [0.05, 0.1) is 11.6 Å². The van der Waals surface area contributed by atoms with E-state index in [4.69, 9.17) is 10.00 Å². The monoisotopic (exact) mass is 450 g/mol. The molecule has 0 bridgehead atoms. The first-order chi connectivity index (χ1) is 15.3. The molecule has 166 valence electrons. The molecule has 7 heteroatoms. The first kappa shape index (κ1) is 23.3. The summed E-state index contributed by atoms with van der Waals surface area (Å²) in [7, 11) is -3.98. The van der Waals surface area contributed by atoms with Crippen LogP contribution in [0.4, 0.5) is 0 Å². The Morgan fingerprint density at radius 3 is 2.50 bits per heavy atom. The number of phenols is 1. The second kappa shape index (κ2) is 10.3. The molecule has 0 spiro atoms. The average molecular weight is 451 g/mol. The Labute approximate surface area is 189 Å². The predicted molar refractivity (Wildman–Crippen MR) is 123 cm³/mol. The zero-order valence-corrected chi connectivity index (χ0v) is 18.9. The van der Waals surface area contributed by atoms with Crippen molar-refractivity contribution in [2.45, 2.75) is 37.7 Å². The van der Waals surface area contributed by atoms with Crippen molar-refractivity contribution in [1.82, 2.24) is 4.72 Å². The van der Waals surface area contributed by atoms with E-state index in [-0.39, 0.29) is 17.0 Å². The molecular formula is C25H26N2O4S. The number of phenolic OH excluding ortho intramolecular Hbond substituents is 1. The van der Waals surface area contributed by atoms with Crippen molar-refractivity contribution in [3.63, 3.8) is 0 Å². The number of hydrogen-bond acceptors (Lipinski definition) is 5. The van der Waals surface area contributed by atoms with E-state index in [0.29, 0.717) is 24.7 Å². The van der Waals surface area contributed by atoms with E-state index in [1.165, 1.54) is 12.1 Å². The van der Waals surface area contributed by atoms with Gasteiger partial charge in [-0.25, -0.2) is 13.1 Å². The molecule has 3 aromatic rings. The van der Waals surface area contributed by atoms with Crippen LogP contribution < -0.4 is 9.46 Å². The molecule has 6 nitrogen and oxygen atoms in total. The minimum atomic E-state index is -3.98. The third-order valence-corrected chi connectivity index (χ3v) is 6.55. The third-order valence-electron chi connectivity index (χ3n) is 5.06. The quantitative estimate of drug-likeness (QED) is 0.500. The maximum Gasteiger partial charge on any atom is 0.244 e. The van der Waals surface area contributed by atoms with E-state index >= 15 is 0 Å². The molecular weight excluding hydrogens is 424 g/mol. The molecule has 0 aliphatic heterocycles. The van der Waals surface area contributed by atoms with Crippen LogP contribution in [0.15, 0.2) is 71.6 Å². The van der Waals surface area contributed by atoms with Gasteiger partial charge in [0.15, 0.2) is 0 Å². The molecule has 0 aliphatic carbocycles. The summed E-state index contributed by atoms with van der Waals surface area (Å²) in [6.07, 6.45) is 0.403. The highest BCUT2D eigenvalue weighted by atomic mass is 32.2. The predicted octanol–water partition coefficient (Wildman–Crippen LogP) is 4.49. The van der Waals surface area contributed by atoms with Crippen LogP contribution in [0.2, 0.25) is 0 Å². The lowest BCUT2D eigenvalue weighted by molar-refractivity contribution is 0.302. The Bertz CT molecular complexity index is 1220. The van der Waals surface area contributed by atoms with Crippen LogP contribution in [-0.4, -0.2) is 20.1 Å². The van der Waals surface area contributed by atoms with Crippen molar-refractivity contribution >= 4 is 10.0 Å². The molecule has 3 aromatic carbocycles. The third kappa shape index (κ3) is 5.88. The summed E-state index contributed by atoms with van der Waals surface area (Å²) in [5.74, 6) is 0.648. The average Bonchev–Trinajstić information content (AvgIpc) is 2.79. The van der Waals surface area contributed by atoms with Crippen molar-refractivity contribution in [1.29, 1.82) is 5.26 Å². The minimum absolute atomic E-state index is 0.112. The van der Waals surface area contributed by atoms with Gasteiger partial charge in [-0.2, -0.15) is 5.26 Å². The SMILES string of the molecule is CC(C)c1ccc(CCNS(=O)(=O)c2cc(C#N)ccc2O)c(OCc2ccccc2)c1. The second-order valence-corrected chi connectivity index (χ2v) is 9.47. The highest BCUT2D eigenvalue weighted by Crippen LogP contribution is 2.27. The van der Waals surface area contributed by atoms with Gasteiger partial charge in [-0.1, -0.05) is 56.3 Å². The maximum atomic E-state index is 12.6. The minimum Gasteiger partial charge on any atom is -0.507 e. The summed E-state index contributed by atoms with van der Waals surface area (Å²) in [6, 6.07) is 21.4. The normalized spacial score (nSPS) is 11.3. The lowest BCUT2D eigenvalue weighted by Crippen LogP contribution is -2.26. The van der Waals surface area contributed by atoms with Gasteiger partial charge in [0.25, 0.3) is 0 Å². The van der Waals surface area contributed by atoms with Gasteiger partial charge in [0.1, 0.15) is 23.0 Å². The van der Waals surface area contributed by atoms with Crippen molar-refractivity contribution in [2.24, 2.45) is 0 Å². The summed E-state index contributed by atoms with van der Waals surface area (Å²) in [5, 5.41) is 18.9. The fourth-order valence-electron chi connectivity index (χ4n) is 3.20.